The van der Waals surface area contributed by atoms with Gasteiger partial charge in [0.1, 0.15) is 19.9 Å². The lowest BCUT2D eigenvalue weighted by atomic mass is 10.2. The van der Waals surface area contributed by atoms with Gasteiger partial charge in [-0.15, -0.1) is 11.3 Å². The van der Waals surface area contributed by atoms with Crippen molar-refractivity contribution >= 4 is 56.2 Å². The van der Waals surface area contributed by atoms with Crippen LogP contribution in [-0.2, 0) is 14.8 Å². The van der Waals surface area contributed by atoms with E-state index in [0.29, 0.717) is 0 Å². The van der Waals surface area contributed by atoms with Gasteiger partial charge in [0.2, 0.25) is 0 Å². The van der Waals surface area contributed by atoms with Crippen LogP contribution in [0.15, 0.2) is 28.5 Å². The number of phenols is 1. The number of sulfonamides is 1. The fourth-order valence-electron chi connectivity index (χ4n) is 1.71. The largest absolute Gasteiger partial charge is 0.507 e. The fourth-order valence-corrected chi connectivity index (χ4v) is 4.64. The van der Waals surface area contributed by atoms with Crippen LogP contribution in [0.2, 0.25) is 9.36 Å². The highest BCUT2D eigenvalue weighted by Crippen LogP contribution is 2.35. The van der Waals surface area contributed by atoms with E-state index in [4.69, 9.17) is 27.9 Å². The molecule has 0 aliphatic carbocycles. The van der Waals surface area contributed by atoms with E-state index < -0.39 is 21.7 Å². The third-order valence-electron chi connectivity index (χ3n) is 2.70. The smallest absolute Gasteiger partial charge is 0.342 e. The van der Waals surface area contributed by atoms with Crippen molar-refractivity contribution in [2.45, 2.75) is 24.2 Å². The van der Waals surface area contributed by atoms with Gasteiger partial charge in [0.05, 0.1) is 16.8 Å². The molecule has 0 saturated heterocycles. The molecule has 1 aromatic carbocycles. The topological polar surface area (TPSA) is 92.7 Å². The standard InChI is InChI=1S/C14H13Cl2NO5S2/c1-7(2)22-14(19)9-4-3-8(5-11(9)18)17-24(20,21)12-6-10(15)13(16)23-12/h3-7,17-18H,1-2H3. The Morgan fingerprint density at radius 3 is 2.46 bits per heavy atom. The van der Waals surface area contributed by atoms with E-state index in [9.17, 15) is 18.3 Å². The molecule has 0 amide bonds. The SMILES string of the molecule is CC(C)OC(=O)c1ccc(NS(=O)(=O)c2cc(Cl)c(Cl)s2)cc1O. The number of benzene rings is 1. The van der Waals surface area contributed by atoms with Crippen LogP contribution in [0.1, 0.15) is 24.2 Å². The van der Waals surface area contributed by atoms with Gasteiger partial charge in [-0.3, -0.25) is 4.72 Å². The highest BCUT2D eigenvalue weighted by Gasteiger charge is 2.21. The van der Waals surface area contributed by atoms with Crippen LogP contribution >= 0.6 is 34.5 Å². The molecule has 10 heteroatoms. The van der Waals surface area contributed by atoms with E-state index in [2.05, 4.69) is 4.72 Å². The summed E-state index contributed by atoms with van der Waals surface area (Å²) in [7, 11) is -3.91. The Labute approximate surface area is 153 Å². The zero-order valence-electron chi connectivity index (χ0n) is 12.5. The van der Waals surface area contributed by atoms with E-state index in [1.54, 1.807) is 13.8 Å². The van der Waals surface area contributed by atoms with Gasteiger partial charge in [0.25, 0.3) is 10.0 Å². The second-order valence-electron chi connectivity index (χ2n) is 4.98. The van der Waals surface area contributed by atoms with Crippen LogP contribution < -0.4 is 4.72 Å². The Bertz CT molecular complexity index is 858. The molecule has 0 aliphatic heterocycles. The molecule has 2 N–H and O–H groups in total. The van der Waals surface area contributed by atoms with Crippen molar-refractivity contribution in [1.29, 1.82) is 0 Å². The molecule has 0 spiro atoms. The fraction of sp³-hybridized carbons (Fsp3) is 0.214. The average molecular weight is 410 g/mol. The molecule has 0 fully saturated rings. The summed E-state index contributed by atoms with van der Waals surface area (Å²) in [6.07, 6.45) is -0.344. The number of ether oxygens (including phenoxy) is 1. The van der Waals surface area contributed by atoms with Crippen molar-refractivity contribution in [1.82, 2.24) is 0 Å². The highest BCUT2D eigenvalue weighted by molar-refractivity contribution is 7.94. The maximum absolute atomic E-state index is 12.3. The number of phenolic OH excluding ortho intramolecular Hbond substituents is 1. The van der Waals surface area contributed by atoms with Gasteiger partial charge in [-0.05, 0) is 32.0 Å². The summed E-state index contributed by atoms with van der Waals surface area (Å²) in [4.78, 5) is 11.8. The summed E-state index contributed by atoms with van der Waals surface area (Å²) in [6, 6.07) is 4.95. The summed E-state index contributed by atoms with van der Waals surface area (Å²) >= 11 is 12.3. The third-order valence-corrected chi connectivity index (χ3v) is 6.42. The number of halogens is 2. The van der Waals surface area contributed by atoms with Crippen LogP contribution in [0.5, 0.6) is 5.75 Å². The summed E-state index contributed by atoms with van der Waals surface area (Å²) in [5, 5.41) is 10.1. The molecule has 130 valence electrons. The number of hydrogen-bond donors (Lipinski definition) is 2. The lowest BCUT2D eigenvalue weighted by Gasteiger charge is -2.11. The summed E-state index contributed by atoms with van der Waals surface area (Å²) in [6.45, 7) is 3.35. The molecule has 2 rings (SSSR count). The number of esters is 1. The van der Waals surface area contributed by atoms with E-state index in [1.165, 1.54) is 18.2 Å². The minimum atomic E-state index is -3.91. The molecule has 2 aromatic rings. The summed E-state index contributed by atoms with van der Waals surface area (Å²) in [5.41, 5.74) is 0.0168. The Morgan fingerprint density at radius 1 is 1.29 bits per heavy atom. The predicted molar refractivity (Wildman–Crippen MR) is 93.8 cm³/mol. The van der Waals surface area contributed by atoms with Gasteiger partial charge in [0.15, 0.2) is 0 Å². The Balaban J connectivity index is 2.24. The lowest BCUT2D eigenvalue weighted by molar-refractivity contribution is 0.0375. The Kier molecular flexibility index (Phi) is 5.64. The van der Waals surface area contributed by atoms with Crippen molar-refractivity contribution in [3.63, 3.8) is 0 Å². The number of rotatable bonds is 5. The molecular formula is C14H13Cl2NO5S2. The van der Waals surface area contributed by atoms with Crippen molar-refractivity contribution in [3.05, 3.63) is 39.2 Å². The monoisotopic (exact) mass is 409 g/mol. The van der Waals surface area contributed by atoms with Gasteiger partial charge in [-0.1, -0.05) is 23.2 Å². The van der Waals surface area contributed by atoms with Gasteiger partial charge < -0.3 is 9.84 Å². The maximum Gasteiger partial charge on any atom is 0.342 e. The zero-order valence-corrected chi connectivity index (χ0v) is 15.7. The van der Waals surface area contributed by atoms with Crippen LogP contribution in [-0.4, -0.2) is 25.6 Å². The van der Waals surface area contributed by atoms with E-state index in [0.717, 1.165) is 17.4 Å². The molecule has 0 aliphatic rings. The van der Waals surface area contributed by atoms with Gasteiger partial charge in [-0.25, -0.2) is 13.2 Å². The van der Waals surface area contributed by atoms with E-state index >= 15 is 0 Å². The van der Waals surface area contributed by atoms with Crippen LogP contribution in [0, 0.1) is 0 Å². The second-order valence-corrected chi connectivity index (χ2v) is 8.95. The first kappa shape index (κ1) is 18.9. The first-order valence-corrected chi connectivity index (χ1v) is 9.67. The van der Waals surface area contributed by atoms with Crippen LogP contribution in [0.3, 0.4) is 0 Å². The Morgan fingerprint density at radius 2 is 1.96 bits per heavy atom. The minimum absolute atomic E-state index is 0.0612. The van der Waals surface area contributed by atoms with Crippen molar-refractivity contribution in [2.24, 2.45) is 0 Å². The highest BCUT2D eigenvalue weighted by atomic mass is 35.5. The van der Waals surface area contributed by atoms with Crippen LogP contribution in [0.4, 0.5) is 5.69 Å². The van der Waals surface area contributed by atoms with Crippen molar-refractivity contribution in [2.75, 3.05) is 4.72 Å². The maximum atomic E-state index is 12.3. The molecule has 0 bridgehead atoms. The number of thiophene rings is 1. The van der Waals surface area contributed by atoms with Crippen molar-refractivity contribution < 1.29 is 23.1 Å². The van der Waals surface area contributed by atoms with Gasteiger partial charge >= 0.3 is 5.97 Å². The number of anilines is 1. The van der Waals surface area contributed by atoms with Gasteiger partial charge in [-0.2, -0.15) is 0 Å². The summed E-state index contributed by atoms with van der Waals surface area (Å²) in [5.74, 6) is -1.10. The van der Waals surface area contributed by atoms with Gasteiger partial charge in [0, 0.05) is 6.07 Å². The minimum Gasteiger partial charge on any atom is -0.507 e. The number of carbonyl (C=O) groups excluding carboxylic acids is 1. The lowest BCUT2D eigenvalue weighted by Crippen LogP contribution is -2.13. The normalized spacial score (nSPS) is 11.5. The summed E-state index contributed by atoms with van der Waals surface area (Å²) < 4.78 is 31.8. The first-order valence-electron chi connectivity index (χ1n) is 6.62. The van der Waals surface area contributed by atoms with Crippen molar-refractivity contribution in [3.8, 4) is 5.75 Å². The second kappa shape index (κ2) is 7.18. The third kappa shape index (κ3) is 4.32. The molecule has 0 saturated carbocycles. The predicted octanol–water partition coefficient (Wildman–Crippen LogP) is 4.13. The van der Waals surface area contributed by atoms with E-state index in [1.807, 2.05) is 0 Å². The average Bonchev–Trinajstić information content (AvgIpc) is 2.78. The molecule has 0 unspecified atom stereocenters. The quantitative estimate of drug-likeness (QED) is 0.724. The number of aromatic hydroxyl groups is 1. The Hall–Kier alpha value is -1.48. The number of carbonyl (C=O) groups is 1. The number of hydrogen-bond acceptors (Lipinski definition) is 6. The molecule has 6 nitrogen and oxygen atoms in total. The van der Waals surface area contributed by atoms with E-state index in [-0.39, 0.29) is 30.9 Å². The molecule has 1 aromatic heterocycles. The molecule has 24 heavy (non-hydrogen) atoms. The van der Waals surface area contributed by atoms with Crippen LogP contribution in [0.25, 0.3) is 0 Å². The molecular weight excluding hydrogens is 397 g/mol. The molecule has 0 atom stereocenters. The zero-order chi connectivity index (χ0) is 18.1. The molecule has 1 heterocycles. The molecule has 0 radical (unpaired) electrons. The number of nitrogens with one attached hydrogen (secondary N) is 1. The first-order chi connectivity index (χ1) is 11.1.